The molecule has 0 bridgehead atoms. The molecule has 0 atom stereocenters. The Morgan fingerprint density at radius 2 is 1.27 bits per heavy atom. The SMILES string of the molecule is CC1=C(/C=C(\C)c2ccc(N(c3ccc(-c4ccc(C)c(-c5ccccc5C)c4)cc3)c3ccc4c(c3)C(C)(C)C3=C4C=CCC3)cc2)CCC=C1. The van der Waals surface area contributed by atoms with E-state index in [2.05, 4.69) is 186 Å². The van der Waals surface area contributed by atoms with Crippen molar-refractivity contribution in [2.45, 2.75) is 72.6 Å². The molecule has 3 aliphatic carbocycles. The van der Waals surface area contributed by atoms with Crippen molar-refractivity contribution < 1.29 is 0 Å². The highest BCUT2D eigenvalue weighted by Gasteiger charge is 2.37. The summed E-state index contributed by atoms with van der Waals surface area (Å²) in [5.74, 6) is 0. The van der Waals surface area contributed by atoms with Crippen molar-refractivity contribution in [1.29, 1.82) is 0 Å². The van der Waals surface area contributed by atoms with E-state index in [9.17, 15) is 0 Å². The van der Waals surface area contributed by atoms with Crippen molar-refractivity contribution in [1.82, 2.24) is 0 Å². The third-order valence-corrected chi connectivity index (χ3v) is 11.7. The van der Waals surface area contributed by atoms with Crippen LogP contribution >= 0.6 is 0 Å². The van der Waals surface area contributed by atoms with Gasteiger partial charge >= 0.3 is 0 Å². The van der Waals surface area contributed by atoms with Crippen LogP contribution in [0.5, 0.6) is 0 Å². The lowest BCUT2D eigenvalue weighted by Gasteiger charge is -2.29. The molecule has 8 rings (SSSR count). The van der Waals surface area contributed by atoms with Crippen LogP contribution in [0.2, 0.25) is 0 Å². The maximum Gasteiger partial charge on any atom is 0.0465 e. The topological polar surface area (TPSA) is 3.24 Å². The third-order valence-electron chi connectivity index (χ3n) is 11.7. The lowest BCUT2D eigenvalue weighted by molar-refractivity contribution is 0.607. The highest BCUT2D eigenvalue weighted by Crippen LogP contribution is 2.51. The van der Waals surface area contributed by atoms with Crippen molar-refractivity contribution in [3.63, 3.8) is 0 Å². The predicted molar refractivity (Wildman–Crippen MR) is 225 cm³/mol. The second kappa shape index (κ2) is 13.6. The van der Waals surface area contributed by atoms with Gasteiger partial charge in [-0.1, -0.05) is 117 Å². The quantitative estimate of drug-likeness (QED) is 0.166. The summed E-state index contributed by atoms with van der Waals surface area (Å²) in [5, 5.41) is 0. The van der Waals surface area contributed by atoms with E-state index in [1.807, 2.05) is 0 Å². The summed E-state index contributed by atoms with van der Waals surface area (Å²) >= 11 is 0. The zero-order chi connectivity index (χ0) is 36.0. The Hall–Kier alpha value is -5.40. The lowest BCUT2D eigenvalue weighted by atomic mass is 9.78. The Bertz CT molecular complexity index is 2330. The Morgan fingerprint density at radius 3 is 2.02 bits per heavy atom. The Morgan fingerprint density at radius 1 is 0.615 bits per heavy atom. The van der Waals surface area contributed by atoms with Gasteiger partial charge < -0.3 is 4.90 Å². The first-order chi connectivity index (χ1) is 25.2. The van der Waals surface area contributed by atoms with Gasteiger partial charge in [0.2, 0.25) is 0 Å². The highest BCUT2D eigenvalue weighted by atomic mass is 15.1. The number of rotatable bonds is 7. The monoisotopic (exact) mass is 675 g/mol. The summed E-state index contributed by atoms with van der Waals surface area (Å²) in [6, 6.07) is 41.0. The number of aryl methyl sites for hydroxylation is 2. The zero-order valence-electron chi connectivity index (χ0n) is 31.6. The molecule has 0 aliphatic heterocycles. The van der Waals surface area contributed by atoms with Crippen molar-refractivity contribution in [2.24, 2.45) is 0 Å². The standard InChI is InChI=1S/C51H49N/c1-34-13-7-9-15-40(34)31-37(4)38-21-25-42(26-22-38)52(44-29-30-47-46-17-11-12-18-49(46)51(5,6)50(47)33-44)43-27-23-39(24-28-43)41-20-19-36(3)48(32-41)45-16-10-8-14-35(45)2/h7-8,10-11,13-14,16-17,19-33H,9,12,15,18H2,1-6H3/b37-31+. The molecular formula is C51H49N. The molecule has 52 heavy (non-hydrogen) atoms. The van der Waals surface area contributed by atoms with Crippen LogP contribution in [0.3, 0.4) is 0 Å². The fourth-order valence-electron chi connectivity index (χ4n) is 8.58. The molecule has 258 valence electrons. The molecule has 1 heteroatoms. The van der Waals surface area contributed by atoms with Crippen LogP contribution < -0.4 is 4.90 Å². The summed E-state index contributed by atoms with van der Waals surface area (Å²) in [5.41, 5.74) is 22.3. The molecule has 0 saturated carbocycles. The maximum absolute atomic E-state index is 2.45. The van der Waals surface area contributed by atoms with Crippen molar-refractivity contribution >= 4 is 28.2 Å². The van der Waals surface area contributed by atoms with E-state index in [0.717, 1.165) is 37.1 Å². The number of fused-ring (bicyclic) bond motifs is 2. The summed E-state index contributed by atoms with van der Waals surface area (Å²) < 4.78 is 0. The van der Waals surface area contributed by atoms with E-state index in [-0.39, 0.29) is 5.41 Å². The Labute approximate surface area is 311 Å². The largest absolute Gasteiger partial charge is 0.310 e. The first kappa shape index (κ1) is 33.7. The van der Waals surface area contributed by atoms with Crippen LogP contribution in [-0.2, 0) is 5.41 Å². The number of nitrogens with zero attached hydrogens (tertiary/aromatic N) is 1. The molecule has 5 aromatic carbocycles. The molecule has 0 N–H and O–H groups in total. The van der Waals surface area contributed by atoms with E-state index >= 15 is 0 Å². The molecule has 0 saturated heterocycles. The van der Waals surface area contributed by atoms with Gasteiger partial charge in [-0.05, 0) is 168 Å². The van der Waals surface area contributed by atoms with E-state index in [1.165, 1.54) is 78.1 Å². The second-order valence-corrected chi connectivity index (χ2v) is 15.4. The molecule has 5 aromatic rings. The maximum atomic E-state index is 2.45. The average Bonchev–Trinajstić information content (AvgIpc) is 3.39. The van der Waals surface area contributed by atoms with Crippen LogP contribution in [0.25, 0.3) is 33.4 Å². The molecule has 0 unspecified atom stereocenters. The van der Waals surface area contributed by atoms with Gasteiger partial charge in [0, 0.05) is 22.5 Å². The van der Waals surface area contributed by atoms with E-state index in [0.29, 0.717) is 0 Å². The van der Waals surface area contributed by atoms with E-state index < -0.39 is 0 Å². The van der Waals surface area contributed by atoms with Gasteiger partial charge in [0.05, 0.1) is 0 Å². The molecule has 1 nitrogen and oxygen atoms in total. The molecule has 0 amide bonds. The minimum absolute atomic E-state index is 0.00804. The summed E-state index contributed by atoms with van der Waals surface area (Å²) in [6.07, 6.45) is 16.1. The Balaban J connectivity index is 1.18. The highest BCUT2D eigenvalue weighted by molar-refractivity contribution is 5.89. The van der Waals surface area contributed by atoms with E-state index in [1.54, 1.807) is 5.57 Å². The minimum Gasteiger partial charge on any atom is -0.310 e. The molecular weight excluding hydrogens is 627 g/mol. The van der Waals surface area contributed by atoms with Gasteiger partial charge in [0.25, 0.3) is 0 Å². The second-order valence-electron chi connectivity index (χ2n) is 15.4. The van der Waals surface area contributed by atoms with Crippen LogP contribution in [0.15, 0.2) is 156 Å². The first-order valence-electron chi connectivity index (χ1n) is 19.0. The first-order valence-corrected chi connectivity index (χ1v) is 19.0. The predicted octanol–water partition coefficient (Wildman–Crippen LogP) is 14.6. The number of benzene rings is 5. The lowest BCUT2D eigenvalue weighted by Crippen LogP contribution is -2.18. The Kier molecular flexibility index (Phi) is 8.84. The fraction of sp³-hybridized carbons (Fsp3) is 0.216. The van der Waals surface area contributed by atoms with Crippen molar-refractivity contribution in [3.8, 4) is 22.3 Å². The van der Waals surface area contributed by atoms with Crippen LogP contribution in [0, 0.1) is 13.8 Å². The van der Waals surface area contributed by atoms with Crippen LogP contribution in [0.4, 0.5) is 17.1 Å². The number of hydrogen-bond donors (Lipinski definition) is 0. The van der Waals surface area contributed by atoms with Gasteiger partial charge in [0.1, 0.15) is 0 Å². The number of hydrogen-bond acceptors (Lipinski definition) is 1. The third kappa shape index (κ3) is 6.13. The summed E-state index contributed by atoms with van der Waals surface area (Å²) in [7, 11) is 0. The summed E-state index contributed by atoms with van der Waals surface area (Å²) in [6.45, 7) is 13.7. The molecule has 0 radical (unpaired) electrons. The van der Waals surface area contributed by atoms with Gasteiger partial charge in [-0.25, -0.2) is 0 Å². The molecule has 0 fully saturated rings. The molecule has 0 spiro atoms. The molecule has 3 aliphatic rings. The average molecular weight is 676 g/mol. The van der Waals surface area contributed by atoms with Gasteiger partial charge in [-0.15, -0.1) is 0 Å². The minimum atomic E-state index is 0.00804. The fourth-order valence-corrected chi connectivity index (χ4v) is 8.58. The number of anilines is 3. The zero-order valence-corrected chi connectivity index (χ0v) is 31.6. The normalized spacial score (nSPS) is 16.3. The number of allylic oxidation sites excluding steroid dienone is 10. The van der Waals surface area contributed by atoms with Crippen molar-refractivity contribution in [2.75, 3.05) is 4.90 Å². The van der Waals surface area contributed by atoms with Gasteiger partial charge in [-0.3, -0.25) is 0 Å². The van der Waals surface area contributed by atoms with Crippen LogP contribution in [-0.4, -0.2) is 0 Å². The van der Waals surface area contributed by atoms with E-state index in [4.69, 9.17) is 0 Å². The van der Waals surface area contributed by atoms with Crippen LogP contribution in [0.1, 0.15) is 81.2 Å². The van der Waals surface area contributed by atoms with Gasteiger partial charge in [0.15, 0.2) is 0 Å². The molecule has 0 heterocycles. The molecule has 0 aromatic heterocycles. The smallest absolute Gasteiger partial charge is 0.0465 e. The van der Waals surface area contributed by atoms with Crippen molar-refractivity contribution in [3.05, 3.63) is 184 Å². The van der Waals surface area contributed by atoms with Gasteiger partial charge in [-0.2, -0.15) is 0 Å². The summed E-state index contributed by atoms with van der Waals surface area (Å²) in [4.78, 5) is 2.43.